The second kappa shape index (κ2) is 5.81. The predicted molar refractivity (Wildman–Crippen MR) is 76.6 cm³/mol. The van der Waals surface area contributed by atoms with Gasteiger partial charge in [-0.05, 0) is 45.1 Å². The fourth-order valence-corrected chi connectivity index (χ4v) is 3.28. The molecule has 2 heterocycles. The van der Waals surface area contributed by atoms with Gasteiger partial charge in [0.2, 0.25) is 11.8 Å². The number of aryl methyl sites for hydroxylation is 1. The molecule has 4 nitrogen and oxygen atoms in total. The Kier molecular flexibility index (Phi) is 3.90. The number of likely N-dealkylation sites (tertiary alicyclic amines) is 1. The van der Waals surface area contributed by atoms with E-state index in [0.29, 0.717) is 11.9 Å². The van der Waals surface area contributed by atoms with Gasteiger partial charge in [0.1, 0.15) is 6.10 Å². The van der Waals surface area contributed by atoms with Crippen molar-refractivity contribution in [3.05, 3.63) is 23.9 Å². The zero-order chi connectivity index (χ0) is 13.9. The molecule has 0 radical (unpaired) electrons. The van der Waals surface area contributed by atoms with Gasteiger partial charge in [0.25, 0.3) is 0 Å². The molecular weight excluding hydrogens is 252 g/mol. The molecule has 1 aliphatic carbocycles. The van der Waals surface area contributed by atoms with E-state index in [1.54, 1.807) is 6.20 Å². The summed E-state index contributed by atoms with van der Waals surface area (Å²) in [4.78, 5) is 18.2. The van der Waals surface area contributed by atoms with Crippen LogP contribution in [0.2, 0.25) is 0 Å². The van der Waals surface area contributed by atoms with E-state index in [9.17, 15) is 4.79 Å². The lowest BCUT2D eigenvalue weighted by Gasteiger charge is -2.34. The number of aromatic nitrogens is 1. The Morgan fingerprint density at radius 1 is 1.30 bits per heavy atom. The lowest BCUT2D eigenvalue weighted by Crippen LogP contribution is -2.40. The highest BCUT2D eigenvalue weighted by Gasteiger charge is 2.32. The summed E-state index contributed by atoms with van der Waals surface area (Å²) in [5.74, 6) is 1.10. The maximum absolute atomic E-state index is 11.8. The van der Waals surface area contributed by atoms with Crippen molar-refractivity contribution in [3.63, 3.8) is 0 Å². The van der Waals surface area contributed by atoms with Crippen LogP contribution in [0, 0.1) is 6.92 Å². The average Bonchev–Trinajstić information content (AvgIpc) is 2.89. The first-order valence-electron chi connectivity index (χ1n) is 7.62. The van der Waals surface area contributed by atoms with Gasteiger partial charge in [-0.3, -0.25) is 4.79 Å². The third-order valence-electron chi connectivity index (χ3n) is 4.43. The molecule has 1 aromatic heterocycles. The number of hydrogen-bond acceptors (Lipinski definition) is 3. The van der Waals surface area contributed by atoms with Crippen LogP contribution in [-0.4, -0.2) is 34.5 Å². The summed E-state index contributed by atoms with van der Waals surface area (Å²) in [6, 6.07) is 4.39. The van der Waals surface area contributed by atoms with Gasteiger partial charge in [0.15, 0.2) is 0 Å². The first kappa shape index (κ1) is 13.4. The van der Waals surface area contributed by atoms with Gasteiger partial charge in [0, 0.05) is 30.8 Å². The Bertz CT molecular complexity index is 481. The highest BCUT2D eigenvalue weighted by Crippen LogP contribution is 2.29. The maximum atomic E-state index is 11.8. The lowest BCUT2D eigenvalue weighted by molar-refractivity contribution is -0.130. The molecule has 0 spiro atoms. The largest absolute Gasteiger partial charge is 0.474 e. The molecule has 2 fully saturated rings. The Morgan fingerprint density at radius 2 is 2.10 bits per heavy atom. The molecule has 108 valence electrons. The second-order valence-corrected chi connectivity index (χ2v) is 5.86. The summed E-state index contributed by atoms with van der Waals surface area (Å²) in [5.41, 5.74) is 1.09. The van der Waals surface area contributed by atoms with E-state index < -0.39 is 0 Å². The molecule has 0 N–H and O–H groups in total. The molecule has 20 heavy (non-hydrogen) atoms. The summed E-state index contributed by atoms with van der Waals surface area (Å²) in [6.07, 6.45) is 7.94. The summed E-state index contributed by atoms with van der Waals surface area (Å²) in [7, 11) is 0. The highest BCUT2D eigenvalue weighted by molar-refractivity contribution is 5.78. The molecule has 4 heteroatoms. The van der Waals surface area contributed by atoms with Crippen LogP contribution in [0.1, 0.15) is 44.1 Å². The normalized spacial score (nSPS) is 26.9. The minimum absolute atomic E-state index is 0.248. The number of carbonyl (C=O) groups is 1. The van der Waals surface area contributed by atoms with E-state index in [0.717, 1.165) is 56.5 Å². The average molecular weight is 274 g/mol. The smallest absolute Gasteiger partial charge is 0.222 e. The predicted octanol–water partition coefficient (Wildman–Crippen LogP) is 2.70. The zero-order valence-corrected chi connectivity index (χ0v) is 12.0. The number of hydrogen-bond donors (Lipinski definition) is 0. The van der Waals surface area contributed by atoms with Gasteiger partial charge in [-0.25, -0.2) is 4.98 Å². The van der Waals surface area contributed by atoms with Crippen LogP contribution >= 0.6 is 0 Å². The molecule has 1 saturated carbocycles. The van der Waals surface area contributed by atoms with Crippen LogP contribution < -0.4 is 4.74 Å². The van der Waals surface area contributed by atoms with Gasteiger partial charge >= 0.3 is 0 Å². The van der Waals surface area contributed by atoms with E-state index >= 15 is 0 Å². The van der Waals surface area contributed by atoms with Gasteiger partial charge in [-0.1, -0.05) is 6.07 Å². The third-order valence-corrected chi connectivity index (χ3v) is 4.43. The zero-order valence-electron chi connectivity index (χ0n) is 12.0. The Labute approximate surface area is 120 Å². The van der Waals surface area contributed by atoms with Crippen molar-refractivity contribution in [1.82, 2.24) is 9.88 Å². The maximum Gasteiger partial charge on any atom is 0.222 e. The first-order valence-corrected chi connectivity index (χ1v) is 7.62. The summed E-state index contributed by atoms with van der Waals surface area (Å²) >= 11 is 0. The van der Waals surface area contributed by atoms with Crippen molar-refractivity contribution in [3.8, 4) is 5.88 Å². The minimum Gasteiger partial charge on any atom is -0.474 e. The Hall–Kier alpha value is -1.58. The van der Waals surface area contributed by atoms with Crippen LogP contribution in [0.15, 0.2) is 18.3 Å². The SMILES string of the molecule is Cc1cccnc1OC1CCC(N2CCCC2=O)CC1. The van der Waals surface area contributed by atoms with Gasteiger partial charge in [-0.15, -0.1) is 0 Å². The molecular formula is C16H22N2O2. The van der Waals surface area contributed by atoms with Gasteiger partial charge < -0.3 is 9.64 Å². The molecule has 0 atom stereocenters. The highest BCUT2D eigenvalue weighted by atomic mass is 16.5. The van der Waals surface area contributed by atoms with E-state index in [2.05, 4.69) is 9.88 Å². The number of nitrogens with zero attached hydrogens (tertiary/aromatic N) is 2. The van der Waals surface area contributed by atoms with Crippen molar-refractivity contribution >= 4 is 5.91 Å². The van der Waals surface area contributed by atoms with Crippen molar-refractivity contribution in [2.24, 2.45) is 0 Å². The molecule has 0 unspecified atom stereocenters. The third kappa shape index (κ3) is 2.79. The fourth-order valence-electron chi connectivity index (χ4n) is 3.28. The fraction of sp³-hybridized carbons (Fsp3) is 0.625. The monoisotopic (exact) mass is 274 g/mol. The molecule has 0 bridgehead atoms. The van der Waals surface area contributed by atoms with E-state index in [1.165, 1.54) is 0 Å². The standard InChI is InChI=1S/C16H22N2O2/c1-12-4-2-10-17-16(12)20-14-8-6-13(7-9-14)18-11-3-5-15(18)19/h2,4,10,13-14H,3,5-9,11H2,1H3. The number of ether oxygens (including phenoxy) is 1. The number of carbonyl (C=O) groups excluding carboxylic acids is 1. The Balaban J connectivity index is 1.54. The van der Waals surface area contributed by atoms with Crippen molar-refractivity contribution in [2.75, 3.05) is 6.54 Å². The van der Waals surface area contributed by atoms with Crippen LogP contribution in [0.25, 0.3) is 0 Å². The van der Waals surface area contributed by atoms with Crippen molar-refractivity contribution in [2.45, 2.75) is 57.6 Å². The van der Waals surface area contributed by atoms with Crippen LogP contribution in [0.5, 0.6) is 5.88 Å². The van der Waals surface area contributed by atoms with Crippen LogP contribution in [0.4, 0.5) is 0 Å². The number of rotatable bonds is 3. The summed E-state index contributed by atoms with van der Waals surface area (Å²) in [6.45, 7) is 2.98. The Morgan fingerprint density at radius 3 is 2.75 bits per heavy atom. The quantitative estimate of drug-likeness (QED) is 0.851. The minimum atomic E-state index is 0.248. The summed E-state index contributed by atoms with van der Waals surface area (Å²) < 4.78 is 6.01. The molecule has 3 rings (SSSR count). The molecule has 0 aromatic carbocycles. The molecule has 1 saturated heterocycles. The molecule has 2 aliphatic rings. The van der Waals surface area contributed by atoms with Crippen LogP contribution in [0.3, 0.4) is 0 Å². The van der Waals surface area contributed by atoms with Crippen LogP contribution in [-0.2, 0) is 4.79 Å². The first-order chi connectivity index (χ1) is 9.74. The van der Waals surface area contributed by atoms with E-state index in [1.807, 2.05) is 19.1 Å². The lowest BCUT2D eigenvalue weighted by atomic mass is 9.92. The van der Waals surface area contributed by atoms with Crippen molar-refractivity contribution in [1.29, 1.82) is 0 Å². The second-order valence-electron chi connectivity index (χ2n) is 5.86. The van der Waals surface area contributed by atoms with Gasteiger partial charge in [0.05, 0.1) is 0 Å². The molecule has 1 aromatic rings. The number of amides is 1. The van der Waals surface area contributed by atoms with Gasteiger partial charge in [-0.2, -0.15) is 0 Å². The number of pyridine rings is 1. The molecule has 1 amide bonds. The van der Waals surface area contributed by atoms with E-state index in [4.69, 9.17) is 4.74 Å². The summed E-state index contributed by atoms with van der Waals surface area (Å²) in [5, 5.41) is 0. The van der Waals surface area contributed by atoms with E-state index in [-0.39, 0.29) is 6.10 Å². The van der Waals surface area contributed by atoms with Crippen molar-refractivity contribution < 1.29 is 9.53 Å². The topological polar surface area (TPSA) is 42.4 Å². The molecule has 1 aliphatic heterocycles.